The molecule has 0 spiro atoms. The molecule has 2 aromatic rings. The maximum Gasteiger partial charge on any atom is 0.0628 e. The second-order valence-corrected chi connectivity index (χ2v) is 5.66. The summed E-state index contributed by atoms with van der Waals surface area (Å²) in [7, 11) is 2.05. The summed E-state index contributed by atoms with van der Waals surface area (Å²) >= 11 is 0. The van der Waals surface area contributed by atoms with Crippen molar-refractivity contribution in [2.24, 2.45) is 7.05 Å². The van der Waals surface area contributed by atoms with Crippen molar-refractivity contribution in [3.8, 4) is 11.1 Å². The highest BCUT2D eigenvalue weighted by Gasteiger charge is 2.23. The van der Waals surface area contributed by atoms with Gasteiger partial charge >= 0.3 is 0 Å². The predicted octanol–water partition coefficient (Wildman–Crippen LogP) is 3.46. The summed E-state index contributed by atoms with van der Waals surface area (Å²) in [6.45, 7) is 3.34. The molecule has 2 heterocycles. The lowest BCUT2D eigenvalue weighted by Gasteiger charge is -2.14. The Morgan fingerprint density at radius 1 is 1.30 bits per heavy atom. The van der Waals surface area contributed by atoms with Crippen LogP contribution in [0.3, 0.4) is 0 Å². The molecule has 1 aliphatic rings. The standard InChI is InChI=1S/C17H23N3/c1-3-5-13-7-9-14(10-8-13)15-12-19-20(2)17(15)16-6-4-11-18-16/h7-10,12,16,18H,3-6,11H2,1-2H3. The average molecular weight is 269 g/mol. The van der Waals surface area contributed by atoms with Gasteiger partial charge in [-0.15, -0.1) is 0 Å². The lowest BCUT2D eigenvalue weighted by molar-refractivity contribution is 0.575. The van der Waals surface area contributed by atoms with Crippen LogP contribution in [-0.4, -0.2) is 16.3 Å². The molecule has 3 rings (SSSR count). The van der Waals surface area contributed by atoms with E-state index in [1.54, 1.807) is 0 Å². The Bertz CT molecular complexity index is 562. The Hall–Kier alpha value is -1.61. The molecule has 106 valence electrons. The predicted molar refractivity (Wildman–Crippen MR) is 82.6 cm³/mol. The van der Waals surface area contributed by atoms with E-state index in [0.717, 1.165) is 13.0 Å². The number of nitrogens with one attached hydrogen (secondary N) is 1. The topological polar surface area (TPSA) is 29.9 Å². The summed E-state index contributed by atoms with van der Waals surface area (Å²) in [5.74, 6) is 0. The number of aryl methyl sites for hydroxylation is 2. The van der Waals surface area contributed by atoms with E-state index in [2.05, 4.69) is 41.6 Å². The molecule has 20 heavy (non-hydrogen) atoms. The van der Waals surface area contributed by atoms with Crippen molar-refractivity contribution >= 4 is 0 Å². The largest absolute Gasteiger partial charge is 0.309 e. The number of rotatable bonds is 4. The van der Waals surface area contributed by atoms with Crippen LogP contribution in [-0.2, 0) is 13.5 Å². The first-order valence-corrected chi connectivity index (χ1v) is 7.64. The molecule has 1 unspecified atom stereocenters. The van der Waals surface area contributed by atoms with Crippen LogP contribution < -0.4 is 5.32 Å². The molecule has 1 atom stereocenters. The van der Waals surface area contributed by atoms with Crippen LogP contribution in [0.25, 0.3) is 11.1 Å². The minimum absolute atomic E-state index is 0.452. The summed E-state index contributed by atoms with van der Waals surface area (Å²) in [6, 6.07) is 9.42. The van der Waals surface area contributed by atoms with Gasteiger partial charge in [-0.05, 0) is 36.9 Å². The summed E-state index contributed by atoms with van der Waals surface area (Å²) in [6.07, 6.45) is 6.82. The summed E-state index contributed by atoms with van der Waals surface area (Å²) in [4.78, 5) is 0. The van der Waals surface area contributed by atoms with Crippen molar-refractivity contribution in [3.63, 3.8) is 0 Å². The van der Waals surface area contributed by atoms with Crippen molar-refractivity contribution in [2.75, 3.05) is 6.54 Å². The number of aromatic nitrogens is 2. The Labute approximate surface area is 121 Å². The van der Waals surface area contributed by atoms with Crippen LogP contribution in [0.4, 0.5) is 0 Å². The molecule has 1 aromatic heterocycles. The van der Waals surface area contributed by atoms with Gasteiger partial charge < -0.3 is 5.32 Å². The summed E-state index contributed by atoms with van der Waals surface area (Å²) in [5, 5.41) is 8.05. The molecule has 0 radical (unpaired) electrons. The van der Waals surface area contributed by atoms with E-state index in [1.807, 2.05) is 17.9 Å². The quantitative estimate of drug-likeness (QED) is 0.921. The van der Waals surface area contributed by atoms with Gasteiger partial charge in [-0.2, -0.15) is 5.10 Å². The molecule has 1 N–H and O–H groups in total. The SMILES string of the molecule is CCCc1ccc(-c2cnn(C)c2C2CCCN2)cc1. The van der Waals surface area contributed by atoms with E-state index in [9.17, 15) is 0 Å². The fourth-order valence-electron chi connectivity index (χ4n) is 3.14. The first-order chi connectivity index (χ1) is 9.79. The van der Waals surface area contributed by atoms with Crippen molar-refractivity contribution in [3.05, 3.63) is 41.7 Å². The van der Waals surface area contributed by atoms with Gasteiger partial charge in [-0.3, -0.25) is 4.68 Å². The molecule has 0 aliphatic carbocycles. The number of hydrogen-bond acceptors (Lipinski definition) is 2. The summed E-state index contributed by atoms with van der Waals surface area (Å²) in [5.41, 5.74) is 5.29. The fourth-order valence-corrected chi connectivity index (χ4v) is 3.14. The molecule has 1 fully saturated rings. The molecule has 3 nitrogen and oxygen atoms in total. The molecule has 0 bridgehead atoms. The van der Waals surface area contributed by atoms with E-state index < -0.39 is 0 Å². The van der Waals surface area contributed by atoms with Gasteiger partial charge in [0, 0.05) is 18.7 Å². The van der Waals surface area contributed by atoms with Crippen LogP contribution in [0.2, 0.25) is 0 Å². The second kappa shape index (κ2) is 5.80. The minimum Gasteiger partial charge on any atom is -0.309 e. The van der Waals surface area contributed by atoms with E-state index in [0.29, 0.717) is 6.04 Å². The lowest BCUT2D eigenvalue weighted by Crippen LogP contribution is -2.17. The minimum atomic E-state index is 0.452. The Balaban J connectivity index is 1.93. The first kappa shape index (κ1) is 13.4. The molecule has 1 saturated heterocycles. The fraction of sp³-hybridized carbons (Fsp3) is 0.471. The second-order valence-electron chi connectivity index (χ2n) is 5.66. The smallest absolute Gasteiger partial charge is 0.0628 e. The average Bonchev–Trinajstić information content (AvgIpc) is 3.09. The highest BCUT2D eigenvalue weighted by Crippen LogP contribution is 2.32. The van der Waals surface area contributed by atoms with Crippen molar-refractivity contribution < 1.29 is 0 Å². The lowest BCUT2D eigenvalue weighted by atomic mass is 9.99. The molecular formula is C17H23N3. The molecule has 0 amide bonds. The third kappa shape index (κ3) is 2.50. The third-order valence-electron chi connectivity index (χ3n) is 4.18. The zero-order chi connectivity index (χ0) is 13.9. The van der Waals surface area contributed by atoms with Gasteiger partial charge in [0.05, 0.1) is 11.9 Å². The van der Waals surface area contributed by atoms with E-state index in [1.165, 1.54) is 41.6 Å². The first-order valence-electron chi connectivity index (χ1n) is 7.64. The number of benzene rings is 1. The van der Waals surface area contributed by atoms with Crippen molar-refractivity contribution in [1.29, 1.82) is 0 Å². The monoisotopic (exact) mass is 269 g/mol. The van der Waals surface area contributed by atoms with E-state index >= 15 is 0 Å². The van der Waals surface area contributed by atoms with Gasteiger partial charge in [0.25, 0.3) is 0 Å². The van der Waals surface area contributed by atoms with Crippen molar-refractivity contribution in [2.45, 2.75) is 38.6 Å². The third-order valence-corrected chi connectivity index (χ3v) is 4.18. The molecule has 0 saturated carbocycles. The highest BCUT2D eigenvalue weighted by atomic mass is 15.3. The van der Waals surface area contributed by atoms with Crippen molar-refractivity contribution in [1.82, 2.24) is 15.1 Å². The van der Waals surface area contributed by atoms with Crippen LogP contribution in [0.5, 0.6) is 0 Å². The van der Waals surface area contributed by atoms with Crippen LogP contribution >= 0.6 is 0 Å². The molecule has 3 heteroatoms. The molecule has 1 aromatic carbocycles. The van der Waals surface area contributed by atoms with Crippen LogP contribution in [0.1, 0.15) is 43.5 Å². The van der Waals surface area contributed by atoms with Gasteiger partial charge in [-0.25, -0.2) is 0 Å². The van der Waals surface area contributed by atoms with Gasteiger partial charge in [0.1, 0.15) is 0 Å². The highest BCUT2D eigenvalue weighted by molar-refractivity contribution is 5.66. The van der Waals surface area contributed by atoms with Crippen LogP contribution in [0.15, 0.2) is 30.5 Å². The van der Waals surface area contributed by atoms with Gasteiger partial charge in [0.15, 0.2) is 0 Å². The molecular weight excluding hydrogens is 246 g/mol. The van der Waals surface area contributed by atoms with Gasteiger partial charge in [0.2, 0.25) is 0 Å². The van der Waals surface area contributed by atoms with Crippen LogP contribution in [0, 0.1) is 0 Å². The number of nitrogens with zero attached hydrogens (tertiary/aromatic N) is 2. The zero-order valence-electron chi connectivity index (χ0n) is 12.4. The molecule has 1 aliphatic heterocycles. The van der Waals surface area contributed by atoms with E-state index in [-0.39, 0.29) is 0 Å². The summed E-state index contributed by atoms with van der Waals surface area (Å²) < 4.78 is 2.03. The van der Waals surface area contributed by atoms with E-state index in [4.69, 9.17) is 0 Å². The normalized spacial score (nSPS) is 18.6. The Kier molecular flexibility index (Phi) is 3.88. The zero-order valence-corrected chi connectivity index (χ0v) is 12.4. The number of hydrogen-bond donors (Lipinski definition) is 1. The maximum absolute atomic E-state index is 4.47. The van der Waals surface area contributed by atoms with Gasteiger partial charge in [-0.1, -0.05) is 37.6 Å². The Morgan fingerprint density at radius 3 is 2.75 bits per heavy atom. The Morgan fingerprint density at radius 2 is 2.10 bits per heavy atom. The maximum atomic E-state index is 4.47.